The smallest absolute Gasteiger partial charge is 0.352 e. The molecular weight excluding hydrogens is 644 g/mol. The lowest BCUT2D eigenvalue weighted by atomic mass is 9.89. The lowest BCUT2D eigenvalue weighted by Crippen LogP contribution is -2.36. The van der Waals surface area contributed by atoms with E-state index in [2.05, 4.69) is 32.7 Å². The van der Waals surface area contributed by atoms with Crippen LogP contribution in [-0.2, 0) is 28.5 Å². The van der Waals surface area contributed by atoms with E-state index in [-0.39, 0.29) is 11.6 Å². The maximum atomic E-state index is 13.0. The Kier molecular flexibility index (Phi) is 15.8. The Hall–Kier alpha value is -3.49. The van der Waals surface area contributed by atoms with E-state index in [0.717, 1.165) is 31.6 Å². The van der Waals surface area contributed by atoms with Crippen molar-refractivity contribution >= 4 is 28.8 Å². The van der Waals surface area contributed by atoms with E-state index in [0.29, 0.717) is 42.6 Å². The lowest BCUT2D eigenvalue weighted by Gasteiger charge is -2.32. The van der Waals surface area contributed by atoms with E-state index < -0.39 is 41.8 Å². The fourth-order valence-corrected chi connectivity index (χ4v) is 5.33. The van der Waals surface area contributed by atoms with Gasteiger partial charge in [-0.2, -0.15) is 26.3 Å². The number of likely N-dealkylation sites (tertiary alicyclic amines) is 1. The lowest BCUT2D eigenvalue weighted by molar-refractivity contribution is -0.143. The molecule has 2 aromatic carbocycles. The zero-order chi connectivity index (χ0) is 35.2. The van der Waals surface area contributed by atoms with Gasteiger partial charge in [-0.3, -0.25) is 9.59 Å². The second-order valence-electron chi connectivity index (χ2n) is 11.7. The average molecular weight is 688 g/mol. The van der Waals surface area contributed by atoms with E-state index in [1.807, 2.05) is 56.5 Å². The molecule has 14 heteroatoms. The highest BCUT2D eigenvalue weighted by Gasteiger charge is 2.37. The van der Waals surface area contributed by atoms with Gasteiger partial charge in [-0.15, -0.1) is 11.3 Å². The van der Waals surface area contributed by atoms with Gasteiger partial charge in [0.25, 0.3) is 0 Å². The topological polar surface area (TPSA) is 77.6 Å². The van der Waals surface area contributed by atoms with Crippen LogP contribution < -0.4 is 10.6 Å². The molecule has 1 fully saturated rings. The van der Waals surface area contributed by atoms with Gasteiger partial charge in [-0.25, -0.2) is 4.98 Å². The van der Waals surface area contributed by atoms with E-state index in [4.69, 9.17) is 0 Å². The molecule has 260 valence electrons. The molecule has 47 heavy (non-hydrogen) atoms. The van der Waals surface area contributed by atoms with Crippen LogP contribution in [0.1, 0.15) is 60.1 Å². The Labute approximate surface area is 276 Å². The number of aromatic nitrogens is 1. The minimum Gasteiger partial charge on any atom is -0.352 e. The van der Waals surface area contributed by atoms with Crippen LogP contribution in [-0.4, -0.2) is 67.9 Å². The molecule has 1 aliphatic rings. The van der Waals surface area contributed by atoms with Gasteiger partial charge in [0, 0.05) is 17.8 Å². The quantitative estimate of drug-likeness (QED) is 0.181. The third kappa shape index (κ3) is 14.9. The number of nitrogens with zero attached hydrogens (tertiary/aromatic N) is 3. The molecule has 1 aromatic heterocycles. The second kappa shape index (κ2) is 18.7. The molecule has 0 spiro atoms. The summed E-state index contributed by atoms with van der Waals surface area (Å²) in [6.07, 6.45) is -6.59. The molecule has 2 amide bonds. The first-order valence-corrected chi connectivity index (χ1v) is 15.9. The molecule has 0 radical (unpaired) electrons. The van der Waals surface area contributed by atoms with Crippen molar-refractivity contribution in [1.29, 1.82) is 0 Å². The van der Waals surface area contributed by atoms with Crippen molar-refractivity contribution < 1.29 is 35.9 Å². The molecule has 2 heterocycles. The molecule has 1 unspecified atom stereocenters. The Morgan fingerprint density at radius 3 is 2.04 bits per heavy atom. The van der Waals surface area contributed by atoms with Crippen LogP contribution in [0, 0.1) is 12.8 Å². The summed E-state index contributed by atoms with van der Waals surface area (Å²) in [6.45, 7) is 5.72. The van der Waals surface area contributed by atoms with Crippen LogP contribution in [0.4, 0.5) is 31.5 Å². The molecule has 3 aromatic rings. The molecule has 2 N–H and O–H groups in total. The molecule has 4 rings (SSSR count). The molecule has 1 saturated heterocycles. The summed E-state index contributed by atoms with van der Waals surface area (Å²) in [5.41, 5.74) is -0.759. The van der Waals surface area contributed by atoms with Gasteiger partial charge in [0.1, 0.15) is 0 Å². The largest absolute Gasteiger partial charge is 0.416 e. The third-order valence-corrected chi connectivity index (χ3v) is 7.99. The van der Waals surface area contributed by atoms with Crippen LogP contribution in [0.3, 0.4) is 0 Å². The highest BCUT2D eigenvalue weighted by Crippen LogP contribution is 2.36. The van der Waals surface area contributed by atoms with Gasteiger partial charge < -0.3 is 20.4 Å². The number of hydrogen-bond donors (Lipinski definition) is 2. The van der Waals surface area contributed by atoms with Crippen LogP contribution in [0.5, 0.6) is 0 Å². The van der Waals surface area contributed by atoms with Crippen LogP contribution in [0.2, 0.25) is 0 Å². The number of halogens is 6. The van der Waals surface area contributed by atoms with Crippen LogP contribution in [0.25, 0.3) is 0 Å². The Balaban J connectivity index is 0.000000492. The third-order valence-electron chi connectivity index (χ3n) is 7.10. The van der Waals surface area contributed by atoms with E-state index >= 15 is 0 Å². The number of amides is 2. The van der Waals surface area contributed by atoms with Crippen molar-refractivity contribution in [3.05, 3.63) is 81.9 Å². The van der Waals surface area contributed by atoms with Crippen molar-refractivity contribution in [1.82, 2.24) is 20.1 Å². The average Bonchev–Trinajstić information content (AvgIpc) is 3.43. The minimum atomic E-state index is -4.92. The highest BCUT2D eigenvalue weighted by molar-refractivity contribution is 7.13. The van der Waals surface area contributed by atoms with Crippen molar-refractivity contribution in [2.45, 2.75) is 57.9 Å². The van der Waals surface area contributed by atoms with Crippen molar-refractivity contribution in [2.75, 3.05) is 46.1 Å². The fraction of sp³-hybridized carbons (Fsp3) is 0.485. The van der Waals surface area contributed by atoms with Gasteiger partial charge in [-0.05, 0) is 102 Å². The maximum absolute atomic E-state index is 13.0. The molecule has 0 bridgehead atoms. The molecule has 0 aliphatic carbocycles. The number of benzene rings is 2. The predicted octanol–water partition coefficient (Wildman–Crippen LogP) is 7.44. The first-order chi connectivity index (χ1) is 22.0. The fourth-order valence-electron chi connectivity index (χ4n) is 4.68. The number of rotatable bonds is 9. The summed E-state index contributed by atoms with van der Waals surface area (Å²) in [6, 6.07) is 11.7. The minimum absolute atomic E-state index is 0.0783. The Morgan fingerprint density at radius 1 is 1.02 bits per heavy atom. The number of thiazole rings is 1. The molecule has 1 atom stereocenters. The summed E-state index contributed by atoms with van der Waals surface area (Å²) in [7, 11) is 6.00. The van der Waals surface area contributed by atoms with Gasteiger partial charge in [0.15, 0.2) is 5.13 Å². The normalized spacial score (nSPS) is 14.7. The first kappa shape index (κ1) is 39.7. The molecule has 1 aliphatic heterocycles. The van der Waals surface area contributed by atoms with Gasteiger partial charge in [0.2, 0.25) is 12.3 Å². The molecule has 0 saturated carbocycles. The zero-order valence-electron chi connectivity index (χ0n) is 27.2. The van der Waals surface area contributed by atoms with Crippen molar-refractivity contribution in [2.24, 2.45) is 5.92 Å². The number of carbonyl (C=O) groups excluding carboxylic acids is 2. The first-order valence-electron chi connectivity index (χ1n) is 15.1. The van der Waals surface area contributed by atoms with Crippen LogP contribution in [0.15, 0.2) is 53.9 Å². The molecular formula is C33H43F6N5O2S. The summed E-state index contributed by atoms with van der Waals surface area (Å²) >= 11 is 1.42. The maximum Gasteiger partial charge on any atom is 0.416 e. The van der Waals surface area contributed by atoms with Crippen LogP contribution >= 0.6 is 11.3 Å². The summed E-state index contributed by atoms with van der Waals surface area (Å²) in [5.74, 6) is -0.294. The van der Waals surface area contributed by atoms with E-state index in [1.54, 1.807) is 6.92 Å². The van der Waals surface area contributed by atoms with Gasteiger partial charge in [0.05, 0.1) is 16.8 Å². The standard InChI is InChI=1S/C25H28F6N2O.C5H6N2OS.C3H9N/c1-17(7-10-33-11-8-20(9-12-33)19-5-3-2-4-6-19)23(34)32-16-18-13-21(24(26,27)28)15-22(14-18)25(29,30)31;1-4-2-9-5(7-4)6-3-8;1-4(2)3/h2-6,13-15,17,20H,7-12,16H2,1H3,(H,32,34);2-3H,1H3,(H,6,7,8);1-3H3. The number of anilines is 1. The predicted molar refractivity (Wildman–Crippen MR) is 173 cm³/mol. The number of aryl methyl sites for hydroxylation is 1. The van der Waals surface area contributed by atoms with Crippen molar-refractivity contribution in [3.8, 4) is 0 Å². The van der Waals surface area contributed by atoms with Gasteiger partial charge >= 0.3 is 12.4 Å². The van der Waals surface area contributed by atoms with E-state index in [9.17, 15) is 35.9 Å². The SMILES string of the molecule is CC(CCN1CCC(c2ccccc2)CC1)C(=O)NCc1cc(C(F)(F)F)cc(C(F)(F)F)c1.CN(C)C.Cc1csc(NC=O)n1. The number of alkyl halides is 6. The number of nitrogens with one attached hydrogen (secondary N) is 2. The number of hydrogen-bond acceptors (Lipinski definition) is 6. The van der Waals surface area contributed by atoms with E-state index in [1.165, 1.54) is 16.9 Å². The Morgan fingerprint density at radius 2 is 1.57 bits per heavy atom. The second-order valence-corrected chi connectivity index (χ2v) is 12.6. The number of piperidine rings is 1. The monoisotopic (exact) mass is 687 g/mol. The zero-order valence-corrected chi connectivity index (χ0v) is 28.0. The summed E-state index contributed by atoms with van der Waals surface area (Å²) in [5, 5.41) is 7.47. The van der Waals surface area contributed by atoms with Crippen molar-refractivity contribution in [3.63, 3.8) is 0 Å². The van der Waals surface area contributed by atoms with Gasteiger partial charge in [-0.1, -0.05) is 37.3 Å². The summed E-state index contributed by atoms with van der Waals surface area (Å²) < 4.78 is 78.0. The summed E-state index contributed by atoms with van der Waals surface area (Å²) in [4.78, 5) is 30.5. The molecule has 7 nitrogen and oxygen atoms in total. The number of carbonyl (C=O) groups is 2. The Bertz CT molecular complexity index is 1340. The highest BCUT2D eigenvalue weighted by atomic mass is 32.1.